The van der Waals surface area contributed by atoms with Gasteiger partial charge in [-0.25, -0.2) is 4.39 Å². The maximum Gasteiger partial charge on any atom is 0.148 e. The zero-order valence-electron chi connectivity index (χ0n) is 10.8. The predicted octanol–water partition coefficient (Wildman–Crippen LogP) is 5.01. The van der Waals surface area contributed by atoms with Gasteiger partial charge in [-0.2, -0.15) is 0 Å². The standard InChI is InChI=1S/C15H15ClFNO/c1-10(2)19-15-9-14(13(17)8-12(15)16)18-11-6-4-3-5-7-11/h3-10,18H,1-2H3. The van der Waals surface area contributed by atoms with Gasteiger partial charge in [0.25, 0.3) is 0 Å². The smallest absolute Gasteiger partial charge is 0.148 e. The Labute approximate surface area is 117 Å². The molecule has 0 bridgehead atoms. The van der Waals surface area contributed by atoms with E-state index in [0.717, 1.165) is 5.69 Å². The molecule has 0 amide bonds. The second kappa shape index (κ2) is 5.93. The van der Waals surface area contributed by atoms with Crippen molar-refractivity contribution in [2.45, 2.75) is 20.0 Å². The lowest BCUT2D eigenvalue weighted by atomic mass is 10.2. The Kier molecular flexibility index (Phi) is 4.27. The molecule has 0 radical (unpaired) electrons. The predicted molar refractivity (Wildman–Crippen MR) is 76.9 cm³/mol. The fraction of sp³-hybridized carbons (Fsp3) is 0.200. The highest BCUT2D eigenvalue weighted by atomic mass is 35.5. The average Bonchev–Trinajstić information content (AvgIpc) is 2.36. The molecule has 0 heterocycles. The maximum atomic E-state index is 13.9. The maximum absolute atomic E-state index is 13.9. The third-order valence-corrected chi connectivity index (χ3v) is 2.73. The molecule has 0 aromatic heterocycles. The zero-order valence-corrected chi connectivity index (χ0v) is 11.5. The van der Waals surface area contributed by atoms with Crippen molar-refractivity contribution in [3.63, 3.8) is 0 Å². The van der Waals surface area contributed by atoms with Gasteiger partial charge >= 0.3 is 0 Å². The summed E-state index contributed by atoms with van der Waals surface area (Å²) in [5, 5.41) is 3.27. The summed E-state index contributed by atoms with van der Waals surface area (Å²) in [5.74, 6) is 0.0569. The van der Waals surface area contributed by atoms with Gasteiger partial charge in [-0.15, -0.1) is 0 Å². The fourth-order valence-corrected chi connectivity index (χ4v) is 1.84. The van der Waals surface area contributed by atoms with Crippen LogP contribution in [-0.2, 0) is 0 Å². The van der Waals surface area contributed by atoms with Crippen LogP contribution in [-0.4, -0.2) is 6.10 Å². The Morgan fingerprint density at radius 1 is 1.16 bits per heavy atom. The summed E-state index contributed by atoms with van der Waals surface area (Å²) in [7, 11) is 0. The highest BCUT2D eigenvalue weighted by molar-refractivity contribution is 6.32. The molecule has 100 valence electrons. The van der Waals surface area contributed by atoms with Crippen LogP contribution in [0.2, 0.25) is 5.02 Å². The lowest BCUT2D eigenvalue weighted by Crippen LogP contribution is -2.06. The van der Waals surface area contributed by atoms with E-state index in [1.807, 2.05) is 44.2 Å². The number of nitrogens with one attached hydrogen (secondary N) is 1. The van der Waals surface area contributed by atoms with Crippen molar-refractivity contribution >= 4 is 23.0 Å². The van der Waals surface area contributed by atoms with E-state index in [4.69, 9.17) is 16.3 Å². The van der Waals surface area contributed by atoms with Crippen LogP contribution >= 0.6 is 11.6 Å². The van der Waals surface area contributed by atoms with E-state index in [1.165, 1.54) is 6.07 Å². The first kappa shape index (κ1) is 13.7. The first-order chi connectivity index (χ1) is 9.06. The van der Waals surface area contributed by atoms with Gasteiger partial charge in [-0.1, -0.05) is 29.8 Å². The molecule has 2 nitrogen and oxygen atoms in total. The van der Waals surface area contributed by atoms with Crippen molar-refractivity contribution in [3.8, 4) is 5.75 Å². The van der Waals surface area contributed by atoms with Crippen molar-refractivity contribution in [1.29, 1.82) is 0 Å². The number of rotatable bonds is 4. The molecule has 0 saturated heterocycles. The number of benzene rings is 2. The number of ether oxygens (including phenoxy) is 1. The SMILES string of the molecule is CC(C)Oc1cc(Nc2ccccc2)c(F)cc1Cl. The number of hydrogen-bond donors (Lipinski definition) is 1. The third kappa shape index (κ3) is 3.61. The molecule has 0 fully saturated rings. The van der Waals surface area contributed by atoms with Crippen LogP contribution < -0.4 is 10.1 Å². The lowest BCUT2D eigenvalue weighted by molar-refractivity contribution is 0.242. The Morgan fingerprint density at radius 3 is 2.47 bits per heavy atom. The van der Waals surface area contributed by atoms with Gasteiger partial charge in [-0.3, -0.25) is 0 Å². The van der Waals surface area contributed by atoms with Crippen molar-refractivity contribution < 1.29 is 9.13 Å². The monoisotopic (exact) mass is 279 g/mol. The molecule has 4 heteroatoms. The molecule has 0 aliphatic heterocycles. The summed E-state index contributed by atoms with van der Waals surface area (Å²) in [4.78, 5) is 0. The Morgan fingerprint density at radius 2 is 1.84 bits per heavy atom. The fourth-order valence-electron chi connectivity index (χ4n) is 1.65. The molecule has 19 heavy (non-hydrogen) atoms. The van der Waals surface area contributed by atoms with Crippen LogP contribution in [0.5, 0.6) is 5.75 Å². The largest absolute Gasteiger partial charge is 0.489 e. The van der Waals surface area contributed by atoms with Crippen molar-refractivity contribution in [1.82, 2.24) is 0 Å². The molecule has 2 aromatic carbocycles. The van der Waals surface area contributed by atoms with Gasteiger partial charge in [0.05, 0.1) is 16.8 Å². The molecular weight excluding hydrogens is 265 g/mol. The highest BCUT2D eigenvalue weighted by Crippen LogP contribution is 2.32. The summed E-state index contributed by atoms with van der Waals surface area (Å²) in [5.41, 5.74) is 1.14. The van der Waals surface area contributed by atoms with Gasteiger partial charge in [0.1, 0.15) is 11.6 Å². The normalized spacial score (nSPS) is 10.6. The number of anilines is 2. The second-order valence-corrected chi connectivity index (χ2v) is 4.83. The molecule has 2 rings (SSSR count). The Balaban J connectivity index is 2.29. The summed E-state index contributed by atoms with van der Waals surface area (Å²) < 4.78 is 19.4. The van der Waals surface area contributed by atoms with E-state index in [1.54, 1.807) is 6.07 Å². The second-order valence-electron chi connectivity index (χ2n) is 4.42. The van der Waals surface area contributed by atoms with Gasteiger partial charge in [0, 0.05) is 11.8 Å². The minimum Gasteiger partial charge on any atom is -0.489 e. The first-order valence-corrected chi connectivity index (χ1v) is 6.42. The van der Waals surface area contributed by atoms with Crippen LogP contribution in [0.1, 0.15) is 13.8 Å². The Hall–Kier alpha value is -1.74. The molecule has 0 spiro atoms. The molecule has 0 aliphatic carbocycles. The van der Waals surface area contributed by atoms with E-state index >= 15 is 0 Å². The van der Waals surface area contributed by atoms with E-state index in [-0.39, 0.29) is 11.1 Å². The van der Waals surface area contributed by atoms with Gasteiger partial charge in [0.2, 0.25) is 0 Å². The molecule has 0 atom stereocenters. The average molecular weight is 280 g/mol. The van der Waals surface area contributed by atoms with Crippen molar-refractivity contribution in [2.75, 3.05) is 5.32 Å². The number of halogens is 2. The first-order valence-electron chi connectivity index (χ1n) is 6.04. The molecule has 0 unspecified atom stereocenters. The van der Waals surface area contributed by atoms with E-state index in [0.29, 0.717) is 11.4 Å². The lowest BCUT2D eigenvalue weighted by Gasteiger charge is -2.14. The Bertz CT molecular complexity index is 558. The van der Waals surface area contributed by atoms with Crippen LogP contribution in [0, 0.1) is 5.82 Å². The van der Waals surface area contributed by atoms with E-state index in [2.05, 4.69) is 5.32 Å². The molecule has 2 aromatic rings. The molecule has 1 N–H and O–H groups in total. The highest BCUT2D eigenvalue weighted by Gasteiger charge is 2.11. The molecular formula is C15H15ClFNO. The van der Waals surface area contributed by atoms with Crippen molar-refractivity contribution in [3.05, 3.63) is 53.3 Å². The van der Waals surface area contributed by atoms with Crippen LogP contribution in [0.3, 0.4) is 0 Å². The molecule has 0 saturated carbocycles. The van der Waals surface area contributed by atoms with E-state index in [9.17, 15) is 4.39 Å². The summed E-state index contributed by atoms with van der Waals surface area (Å²) in [6.45, 7) is 3.79. The third-order valence-electron chi connectivity index (χ3n) is 2.44. The quantitative estimate of drug-likeness (QED) is 0.849. The summed E-state index contributed by atoms with van der Waals surface area (Å²) >= 11 is 5.96. The van der Waals surface area contributed by atoms with Gasteiger partial charge in [0.15, 0.2) is 0 Å². The van der Waals surface area contributed by atoms with Gasteiger partial charge < -0.3 is 10.1 Å². The number of hydrogen-bond acceptors (Lipinski definition) is 2. The van der Waals surface area contributed by atoms with Gasteiger partial charge in [-0.05, 0) is 32.0 Å². The van der Waals surface area contributed by atoms with E-state index < -0.39 is 5.82 Å². The molecule has 0 aliphatic rings. The van der Waals surface area contributed by atoms with Crippen LogP contribution in [0.4, 0.5) is 15.8 Å². The minimum absolute atomic E-state index is 0.0208. The number of para-hydroxylation sites is 1. The summed E-state index contributed by atoms with van der Waals surface area (Å²) in [6.07, 6.45) is -0.0208. The van der Waals surface area contributed by atoms with Crippen LogP contribution in [0.15, 0.2) is 42.5 Å². The zero-order chi connectivity index (χ0) is 13.8. The topological polar surface area (TPSA) is 21.3 Å². The summed E-state index contributed by atoms with van der Waals surface area (Å²) in [6, 6.07) is 12.2. The van der Waals surface area contributed by atoms with Crippen LogP contribution in [0.25, 0.3) is 0 Å². The minimum atomic E-state index is -0.412. The van der Waals surface area contributed by atoms with Crippen molar-refractivity contribution in [2.24, 2.45) is 0 Å².